The quantitative estimate of drug-likeness (QED) is 0.869. The summed E-state index contributed by atoms with van der Waals surface area (Å²) in [5.41, 5.74) is 1.40. The summed E-state index contributed by atoms with van der Waals surface area (Å²) in [6.45, 7) is 2.23. The van der Waals surface area contributed by atoms with Crippen molar-refractivity contribution in [3.05, 3.63) is 29.3 Å². The van der Waals surface area contributed by atoms with Gasteiger partial charge in [-0.3, -0.25) is 9.59 Å². The standard InChI is InChI=1S/C14H20N2O3/c1-10-6-5-7-11(19-4)13(10)14(18)16(3)9-8-12(17)15-2/h5-7H,8-9H2,1-4H3,(H,15,17). The normalized spacial score (nSPS) is 9.89. The lowest BCUT2D eigenvalue weighted by atomic mass is 10.1. The molecule has 2 amide bonds. The molecular weight excluding hydrogens is 244 g/mol. The topological polar surface area (TPSA) is 58.6 Å². The van der Waals surface area contributed by atoms with Gasteiger partial charge in [0.1, 0.15) is 5.75 Å². The van der Waals surface area contributed by atoms with Crippen LogP contribution in [0.3, 0.4) is 0 Å². The maximum atomic E-state index is 12.4. The SMILES string of the molecule is CNC(=O)CCN(C)C(=O)c1c(C)cccc1OC. The number of hydrogen-bond donors (Lipinski definition) is 1. The maximum Gasteiger partial charge on any atom is 0.257 e. The number of nitrogens with zero attached hydrogens (tertiary/aromatic N) is 1. The second-order valence-electron chi connectivity index (χ2n) is 4.30. The number of benzene rings is 1. The van der Waals surface area contributed by atoms with Crippen LogP contribution in [0.1, 0.15) is 22.3 Å². The molecule has 0 heterocycles. The van der Waals surface area contributed by atoms with Gasteiger partial charge in [0.25, 0.3) is 5.91 Å². The lowest BCUT2D eigenvalue weighted by molar-refractivity contribution is -0.120. The van der Waals surface area contributed by atoms with Gasteiger partial charge in [-0.2, -0.15) is 0 Å². The van der Waals surface area contributed by atoms with Crippen LogP contribution in [0.25, 0.3) is 0 Å². The highest BCUT2D eigenvalue weighted by molar-refractivity contribution is 5.98. The molecule has 0 radical (unpaired) electrons. The maximum absolute atomic E-state index is 12.4. The predicted octanol–water partition coefficient (Wildman–Crippen LogP) is 1.21. The Labute approximate surface area is 113 Å². The minimum Gasteiger partial charge on any atom is -0.496 e. The molecule has 5 heteroatoms. The number of aryl methyl sites for hydroxylation is 1. The number of amides is 2. The molecule has 0 bridgehead atoms. The molecule has 19 heavy (non-hydrogen) atoms. The highest BCUT2D eigenvalue weighted by Gasteiger charge is 2.19. The highest BCUT2D eigenvalue weighted by atomic mass is 16.5. The van der Waals surface area contributed by atoms with Gasteiger partial charge >= 0.3 is 0 Å². The Morgan fingerprint density at radius 2 is 2.05 bits per heavy atom. The molecule has 0 aliphatic rings. The van der Waals surface area contributed by atoms with E-state index in [1.165, 1.54) is 12.0 Å². The summed E-state index contributed by atoms with van der Waals surface area (Å²) in [6, 6.07) is 5.46. The van der Waals surface area contributed by atoms with Crippen LogP contribution in [-0.4, -0.2) is 44.5 Å². The molecule has 104 valence electrons. The Morgan fingerprint density at radius 3 is 2.63 bits per heavy atom. The van der Waals surface area contributed by atoms with Crippen molar-refractivity contribution in [2.45, 2.75) is 13.3 Å². The van der Waals surface area contributed by atoms with Crippen LogP contribution in [0.15, 0.2) is 18.2 Å². The summed E-state index contributed by atoms with van der Waals surface area (Å²) < 4.78 is 5.22. The van der Waals surface area contributed by atoms with E-state index < -0.39 is 0 Å². The number of ether oxygens (including phenoxy) is 1. The number of rotatable bonds is 5. The first-order chi connectivity index (χ1) is 9.01. The summed E-state index contributed by atoms with van der Waals surface area (Å²) in [5, 5.41) is 2.53. The van der Waals surface area contributed by atoms with E-state index in [4.69, 9.17) is 4.74 Å². The van der Waals surface area contributed by atoms with Gasteiger partial charge in [-0.05, 0) is 18.6 Å². The fraction of sp³-hybridized carbons (Fsp3) is 0.429. The first-order valence-electron chi connectivity index (χ1n) is 6.11. The van der Waals surface area contributed by atoms with Gasteiger partial charge in [-0.25, -0.2) is 0 Å². The summed E-state index contributed by atoms with van der Waals surface area (Å²) in [4.78, 5) is 25.1. The van der Waals surface area contributed by atoms with E-state index >= 15 is 0 Å². The highest BCUT2D eigenvalue weighted by Crippen LogP contribution is 2.23. The van der Waals surface area contributed by atoms with Crippen molar-refractivity contribution in [2.75, 3.05) is 27.7 Å². The third-order valence-electron chi connectivity index (χ3n) is 2.97. The molecule has 0 aliphatic heterocycles. The van der Waals surface area contributed by atoms with Gasteiger partial charge in [0.2, 0.25) is 5.91 Å². The Morgan fingerprint density at radius 1 is 1.37 bits per heavy atom. The van der Waals surface area contributed by atoms with E-state index in [1.807, 2.05) is 19.1 Å². The molecule has 0 saturated heterocycles. The van der Waals surface area contributed by atoms with Gasteiger partial charge in [-0.15, -0.1) is 0 Å². The Hall–Kier alpha value is -2.04. The zero-order valence-corrected chi connectivity index (χ0v) is 11.8. The van der Waals surface area contributed by atoms with E-state index in [9.17, 15) is 9.59 Å². The fourth-order valence-electron chi connectivity index (χ4n) is 1.77. The van der Waals surface area contributed by atoms with Gasteiger partial charge in [0.15, 0.2) is 0 Å². The minimum atomic E-state index is -0.140. The molecule has 0 atom stereocenters. The summed E-state index contributed by atoms with van der Waals surface area (Å²) in [7, 11) is 4.79. The summed E-state index contributed by atoms with van der Waals surface area (Å²) >= 11 is 0. The third-order valence-corrected chi connectivity index (χ3v) is 2.97. The number of carbonyl (C=O) groups excluding carboxylic acids is 2. The largest absolute Gasteiger partial charge is 0.496 e. The third kappa shape index (κ3) is 3.71. The van der Waals surface area contributed by atoms with Crippen molar-refractivity contribution < 1.29 is 14.3 Å². The smallest absolute Gasteiger partial charge is 0.257 e. The molecule has 1 aromatic rings. The molecule has 0 spiro atoms. The molecule has 1 rings (SSSR count). The van der Waals surface area contributed by atoms with Crippen LogP contribution in [0.5, 0.6) is 5.75 Å². The lowest BCUT2D eigenvalue weighted by Gasteiger charge is -2.19. The minimum absolute atomic E-state index is 0.0867. The van der Waals surface area contributed by atoms with Gasteiger partial charge in [-0.1, -0.05) is 12.1 Å². The second kappa shape index (κ2) is 6.78. The molecule has 1 N–H and O–H groups in total. The molecule has 0 aliphatic carbocycles. The zero-order valence-electron chi connectivity index (χ0n) is 11.8. The van der Waals surface area contributed by atoms with E-state index in [-0.39, 0.29) is 18.2 Å². The first-order valence-corrected chi connectivity index (χ1v) is 6.11. The Balaban J connectivity index is 2.85. The molecule has 1 aromatic carbocycles. The summed E-state index contributed by atoms with van der Waals surface area (Å²) in [6.07, 6.45) is 0.285. The van der Waals surface area contributed by atoms with Crippen molar-refractivity contribution in [3.63, 3.8) is 0 Å². The van der Waals surface area contributed by atoms with Crippen LogP contribution in [0, 0.1) is 6.92 Å². The average Bonchev–Trinajstić information content (AvgIpc) is 2.43. The monoisotopic (exact) mass is 264 g/mol. The number of carbonyl (C=O) groups is 2. The Bertz CT molecular complexity index is 472. The molecule has 0 saturated carbocycles. The van der Waals surface area contributed by atoms with Crippen molar-refractivity contribution in [1.29, 1.82) is 0 Å². The summed E-state index contributed by atoms with van der Waals surface area (Å²) in [5.74, 6) is 0.326. The van der Waals surface area contributed by atoms with Crippen LogP contribution < -0.4 is 10.1 Å². The number of nitrogens with one attached hydrogen (secondary N) is 1. The lowest BCUT2D eigenvalue weighted by Crippen LogP contribution is -2.32. The van der Waals surface area contributed by atoms with Gasteiger partial charge in [0.05, 0.1) is 12.7 Å². The Kier molecular flexibility index (Phi) is 5.36. The fourth-order valence-corrected chi connectivity index (χ4v) is 1.77. The van der Waals surface area contributed by atoms with Crippen LogP contribution in [0.4, 0.5) is 0 Å². The average molecular weight is 264 g/mol. The number of hydrogen-bond acceptors (Lipinski definition) is 3. The van der Waals surface area contributed by atoms with Crippen LogP contribution >= 0.6 is 0 Å². The number of methoxy groups -OCH3 is 1. The van der Waals surface area contributed by atoms with E-state index in [1.54, 1.807) is 20.2 Å². The van der Waals surface area contributed by atoms with Gasteiger partial charge < -0.3 is 15.0 Å². The molecule has 0 fully saturated rings. The van der Waals surface area contributed by atoms with Gasteiger partial charge in [0, 0.05) is 27.1 Å². The van der Waals surface area contributed by atoms with Crippen LogP contribution in [0.2, 0.25) is 0 Å². The zero-order chi connectivity index (χ0) is 14.4. The molecule has 0 unspecified atom stereocenters. The molecule has 5 nitrogen and oxygen atoms in total. The molecule has 0 aromatic heterocycles. The molecular formula is C14H20N2O3. The van der Waals surface area contributed by atoms with Crippen LogP contribution in [-0.2, 0) is 4.79 Å². The van der Waals surface area contributed by atoms with Crippen molar-refractivity contribution in [1.82, 2.24) is 10.2 Å². The van der Waals surface area contributed by atoms with Crippen molar-refractivity contribution in [2.24, 2.45) is 0 Å². The van der Waals surface area contributed by atoms with E-state index in [2.05, 4.69) is 5.32 Å². The van der Waals surface area contributed by atoms with Crippen molar-refractivity contribution in [3.8, 4) is 5.75 Å². The second-order valence-corrected chi connectivity index (χ2v) is 4.30. The predicted molar refractivity (Wildman–Crippen MR) is 73.4 cm³/mol. The van der Waals surface area contributed by atoms with Crippen molar-refractivity contribution >= 4 is 11.8 Å². The van der Waals surface area contributed by atoms with E-state index in [0.29, 0.717) is 17.9 Å². The van der Waals surface area contributed by atoms with E-state index in [0.717, 1.165) is 5.56 Å². The first kappa shape index (κ1) is 15.0.